The summed E-state index contributed by atoms with van der Waals surface area (Å²) >= 11 is 7.07. The van der Waals surface area contributed by atoms with E-state index in [1.165, 1.54) is 5.56 Å². The Bertz CT molecular complexity index is 912. The molecule has 0 radical (unpaired) electrons. The van der Waals surface area contributed by atoms with Gasteiger partial charge in [-0.2, -0.15) is 0 Å². The van der Waals surface area contributed by atoms with E-state index in [9.17, 15) is 15.3 Å². The van der Waals surface area contributed by atoms with E-state index in [1.807, 2.05) is 36.4 Å². The fourth-order valence-corrected chi connectivity index (χ4v) is 7.09. The minimum atomic E-state index is -1.28. The summed E-state index contributed by atoms with van der Waals surface area (Å²) in [6.07, 6.45) is 3.63. The van der Waals surface area contributed by atoms with Crippen molar-refractivity contribution in [3.8, 4) is 5.75 Å². The highest BCUT2D eigenvalue weighted by Gasteiger charge is 2.61. The van der Waals surface area contributed by atoms with E-state index in [0.717, 1.165) is 34.9 Å². The van der Waals surface area contributed by atoms with Crippen LogP contribution in [0, 0.1) is 5.92 Å². The van der Waals surface area contributed by atoms with Gasteiger partial charge >= 0.3 is 0 Å². The summed E-state index contributed by atoms with van der Waals surface area (Å²) < 4.78 is 1.40. The lowest BCUT2D eigenvalue weighted by atomic mass is 9.49. The first-order valence-electron chi connectivity index (χ1n) is 9.87. The summed E-state index contributed by atoms with van der Waals surface area (Å²) in [5.74, 6) is 0.477. The van der Waals surface area contributed by atoms with Crippen LogP contribution in [-0.2, 0) is 17.4 Å². The number of halogens is 2. The Balaban J connectivity index is 1.88. The molecule has 5 heteroatoms. The number of aliphatic hydroxyl groups is 2. The fraction of sp³-hybridized carbons (Fsp3) is 0.478. The third kappa shape index (κ3) is 2.73. The van der Waals surface area contributed by atoms with E-state index in [0.29, 0.717) is 17.3 Å². The van der Waals surface area contributed by atoms with Gasteiger partial charge in [-0.15, -0.1) is 0 Å². The standard InChI is InChI=1S/C23H26Br2O3/c1-3-22-13-21(2,27)23(28,14-7-5-4-6-8-14)12-15(22)9-10-16-17(22)11-18(24)20(26)19(16)25/h4-8,11,15,26-28H,3,9-10,12-13H2,1-2H3/t15-,21?,22?,23?/m1/s1. The second-order valence-electron chi connectivity index (χ2n) is 8.67. The van der Waals surface area contributed by atoms with Gasteiger partial charge in [-0.25, -0.2) is 0 Å². The van der Waals surface area contributed by atoms with E-state index in [-0.39, 0.29) is 17.1 Å². The zero-order chi connectivity index (χ0) is 20.3. The Morgan fingerprint density at radius 2 is 1.82 bits per heavy atom. The monoisotopic (exact) mass is 508 g/mol. The van der Waals surface area contributed by atoms with Crippen LogP contribution in [0.4, 0.5) is 0 Å². The molecule has 0 bridgehead atoms. The zero-order valence-electron chi connectivity index (χ0n) is 16.2. The summed E-state index contributed by atoms with van der Waals surface area (Å²) in [5, 5.41) is 33.7. The summed E-state index contributed by atoms with van der Waals surface area (Å²) in [6, 6.07) is 11.6. The van der Waals surface area contributed by atoms with Crippen LogP contribution in [0.1, 0.15) is 56.2 Å². The van der Waals surface area contributed by atoms with Crippen LogP contribution < -0.4 is 0 Å². The summed E-state index contributed by atoms with van der Waals surface area (Å²) in [5.41, 5.74) is 0.297. The molecule has 1 fully saturated rings. The molecular formula is C23H26Br2O3. The molecule has 2 aromatic rings. The SMILES string of the molecule is CCC12CC(C)(O)C(O)(c3ccccc3)C[C@H]1CCc1c2cc(Br)c(O)c1Br. The van der Waals surface area contributed by atoms with E-state index < -0.39 is 11.2 Å². The van der Waals surface area contributed by atoms with Gasteiger partial charge in [0.05, 0.1) is 14.5 Å². The second kappa shape index (κ2) is 6.83. The van der Waals surface area contributed by atoms with Crippen molar-refractivity contribution >= 4 is 31.9 Å². The molecule has 0 heterocycles. The molecule has 4 rings (SSSR count). The molecule has 1 saturated carbocycles. The van der Waals surface area contributed by atoms with Gasteiger partial charge < -0.3 is 15.3 Å². The highest BCUT2D eigenvalue weighted by atomic mass is 79.9. The molecule has 3 nitrogen and oxygen atoms in total. The van der Waals surface area contributed by atoms with Crippen molar-refractivity contribution in [1.82, 2.24) is 0 Å². The molecule has 2 aliphatic rings. The average Bonchev–Trinajstić information content (AvgIpc) is 2.68. The molecule has 150 valence electrons. The first-order chi connectivity index (χ1) is 13.2. The maximum Gasteiger partial charge on any atom is 0.144 e. The highest BCUT2D eigenvalue weighted by molar-refractivity contribution is 9.11. The second-order valence-corrected chi connectivity index (χ2v) is 10.3. The normalized spacial score (nSPS) is 34.6. The van der Waals surface area contributed by atoms with E-state index in [4.69, 9.17) is 0 Å². The fourth-order valence-electron chi connectivity index (χ4n) is 5.77. The maximum absolute atomic E-state index is 11.7. The Kier molecular flexibility index (Phi) is 4.98. The number of fused-ring (bicyclic) bond motifs is 3. The predicted octanol–water partition coefficient (Wildman–Crippen LogP) is 5.56. The van der Waals surface area contributed by atoms with Crippen molar-refractivity contribution in [2.24, 2.45) is 5.92 Å². The van der Waals surface area contributed by atoms with Crippen molar-refractivity contribution in [3.05, 3.63) is 62.0 Å². The quantitative estimate of drug-likeness (QED) is 0.496. The summed E-state index contributed by atoms with van der Waals surface area (Å²) in [7, 11) is 0. The van der Waals surface area contributed by atoms with Crippen LogP contribution in [0.2, 0.25) is 0 Å². The molecule has 3 unspecified atom stereocenters. The van der Waals surface area contributed by atoms with Crippen LogP contribution >= 0.6 is 31.9 Å². The van der Waals surface area contributed by atoms with Gasteiger partial charge in [0, 0.05) is 5.41 Å². The van der Waals surface area contributed by atoms with Gasteiger partial charge in [-0.3, -0.25) is 0 Å². The summed E-state index contributed by atoms with van der Waals surface area (Å²) in [6.45, 7) is 3.94. The van der Waals surface area contributed by atoms with E-state index in [1.54, 1.807) is 6.92 Å². The van der Waals surface area contributed by atoms with Gasteiger partial charge in [0.25, 0.3) is 0 Å². The molecule has 2 aliphatic carbocycles. The van der Waals surface area contributed by atoms with Crippen LogP contribution in [0.25, 0.3) is 0 Å². The molecule has 0 spiro atoms. The van der Waals surface area contributed by atoms with E-state index in [2.05, 4.69) is 38.8 Å². The van der Waals surface area contributed by atoms with Crippen LogP contribution in [-0.4, -0.2) is 20.9 Å². The third-order valence-electron chi connectivity index (χ3n) is 7.33. The summed E-state index contributed by atoms with van der Waals surface area (Å²) in [4.78, 5) is 0. The van der Waals surface area contributed by atoms with Crippen molar-refractivity contribution in [3.63, 3.8) is 0 Å². The van der Waals surface area contributed by atoms with Crippen molar-refractivity contribution < 1.29 is 15.3 Å². The predicted molar refractivity (Wildman–Crippen MR) is 117 cm³/mol. The van der Waals surface area contributed by atoms with Crippen LogP contribution in [0.3, 0.4) is 0 Å². The smallest absolute Gasteiger partial charge is 0.144 e. The molecule has 2 aromatic carbocycles. The minimum absolute atomic E-state index is 0.229. The topological polar surface area (TPSA) is 60.7 Å². The average molecular weight is 510 g/mol. The van der Waals surface area contributed by atoms with Gasteiger partial charge in [-0.05, 0) is 99.6 Å². The Hall–Kier alpha value is -0.880. The number of aromatic hydroxyl groups is 1. The van der Waals surface area contributed by atoms with Crippen molar-refractivity contribution in [2.45, 2.75) is 62.6 Å². The van der Waals surface area contributed by atoms with Gasteiger partial charge in [0.1, 0.15) is 11.4 Å². The van der Waals surface area contributed by atoms with Gasteiger partial charge in [0.2, 0.25) is 0 Å². The molecular weight excluding hydrogens is 484 g/mol. The number of hydrogen-bond donors (Lipinski definition) is 3. The first-order valence-corrected chi connectivity index (χ1v) is 11.5. The Morgan fingerprint density at radius 3 is 2.46 bits per heavy atom. The Labute approximate surface area is 183 Å². The highest BCUT2D eigenvalue weighted by Crippen LogP contribution is 2.61. The number of phenolic OH excluding ortho intramolecular Hbond substituents is 1. The Morgan fingerprint density at radius 1 is 1.14 bits per heavy atom. The molecule has 4 atom stereocenters. The zero-order valence-corrected chi connectivity index (χ0v) is 19.3. The minimum Gasteiger partial charge on any atom is -0.506 e. The lowest BCUT2D eigenvalue weighted by Gasteiger charge is -2.59. The molecule has 28 heavy (non-hydrogen) atoms. The first kappa shape index (κ1) is 20.4. The molecule has 0 aliphatic heterocycles. The van der Waals surface area contributed by atoms with E-state index >= 15 is 0 Å². The van der Waals surface area contributed by atoms with Crippen molar-refractivity contribution in [2.75, 3.05) is 0 Å². The number of hydrogen-bond acceptors (Lipinski definition) is 3. The third-order valence-corrected chi connectivity index (χ3v) is 8.79. The van der Waals surface area contributed by atoms with Crippen molar-refractivity contribution in [1.29, 1.82) is 0 Å². The number of benzene rings is 2. The van der Waals surface area contributed by atoms with Crippen LogP contribution in [0.15, 0.2) is 45.3 Å². The molecule has 0 amide bonds. The largest absolute Gasteiger partial charge is 0.506 e. The van der Waals surface area contributed by atoms with Gasteiger partial charge in [-0.1, -0.05) is 37.3 Å². The van der Waals surface area contributed by atoms with Gasteiger partial charge in [0.15, 0.2) is 0 Å². The van der Waals surface area contributed by atoms with Crippen LogP contribution in [0.5, 0.6) is 5.75 Å². The number of rotatable bonds is 2. The lowest BCUT2D eigenvalue weighted by Crippen LogP contribution is -2.62. The maximum atomic E-state index is 11.7. The lowest BCUT2D eigenvalue weighted by molar-refractivity contribution is -0.205. The molecule has 3 N–H and O–H groups in total. The molecule has 0 saturated heterocycles. The molecule has 0 aromatic heterocycles. The number of phenols is 1.